The van der Waals surface area contributed by atoms with Gasteiger partial charge >= 0.3 is 0 Å². The fraction of sp³-hybridized carbons (Fsp3) is 0.111. The first-order valence-electron chi connectivity index (χ1n) is 7.32. The molecule has 2 aromatic carbocycles. The van der Waals surface area contributed by atoms with E-state index in [4.69, 9.17) is 11.6 Å². The molecule has 0 unspecified atom stereocenters. The number of nitrogens with one attached hydrogen (secondary N) is 1. The minimum atomic E-state index is -0.223. The molecular formula is C18H15BrClN3O. The highest BCUT2D eigenvalue weighted by atomic mass is 79.9. The van der Waals surface area contributed by atoms with E-state index in [1.807, 2.05) is 38.2 Å². The van der Waals surface area contributed by atoms with E-state index in [1.165, 1.54) is 0 Å². The number of hydrogen-bond acceptors (Lipinski definition) is 2. The highest BCUT2D eigenvalue weighted by Crippen LogP contribution is 2.32. The summed E-state index contributed by atoms with van der Waals surface area (Å²) >= 11 is 9.40. The van der Waals surface area contributed by atoms with Crippen molar-refractivity contribution in [3.05, 3.63) is 69.3 Å². The monoisotopic (exact) mass is 403 g/mol. The van der Waals surface area contributed by atoms with E-state index in [0.29, 0.717) is 16.4 Å². The number of rotatable bonds is 3. The molecule has 1 N–H and O–H groups in total. The van der Waals surface area contributed by atoms with Crippen LogP contribution in [0.2, 0.25) is 5.02 Å². The third kappa shape index (κ3) is 3.37. The summed E-state index contributed by atoms with van der Waals surface area (Å²) in [6.45, 7) is 1.92. The number of carbonyl (C=O) groups excluding carboxylic acids is 1. The zero-order valence-corrected chi connectivity index (χ0v) is 15.5. The minimum Gasteiger partial charge on any atom is -0.306 e. The maximum Gasteiger partial charge on any atom is 0.256 e. The summed E-state index contributed by atoms with van der Waals surface area (Å²) in [4.78, 5) is 12.5. The number of anilines is 1. The molecule has 122 valence electrons. The van der Waals surface area contributed by atoms with Crippen LogP contribution < -0.4 is 5.32 Å². The average molecular weight is 405 g/mol. The van der Waals surface area contributed by atoms with Gasteiger partial charge in [0.05, 0.1) is 5.69 Å². The molecule has 0 spiro atoms. The fourth-order valence-corrected chi connectivity index (χ4v) is 3.03. The maximum atomic E-state index is 12.5. The van der Waals surface area contributed by atoms with Gasteiger partial charge in [0.25, 0.3) is 5.91 Å². The molecule has 0 fully saturated rings. The van der Waals surface area contributed by atoms with Crippen LogP contribution in [0.25, 0.3) is 11.1 Å². The summed E-state index contributed by atoms with van der Waals surface area (Å²) in [5, 5.41) is 7.91. The van der Waals surface area contributed by atoms with E-state index in [-0.39, 0.29) is 5.91 Å². The van der Waals surface area contributed by atoms with Gasteiger partial charge in [-0.2, -0.15) is 5.10 Å². The van der Waals surface area contributed by atoms with Crippen molar-refractivity contribution in [1.82, 2.24) is 9.78 Å². The van der Waals surface area contributed by atoms with Gasteiger partial charge in [0.1, 0.15) is 5.82 Å². The Bertz CT molecular complexity index is 903. The second-order valence-electron chi connectivity index (χ2n) is 5.40. The van der Waals surface area contributed by atoms with Crippen LogP contribution in [-0.4, -0.2) is 15.7 Å². The Hall–Kier alpha value is -2.11. The zero-order valence-electron chi connectivity index (χ0n) is 13.2. The molecule has 0 radical (unpaired) electrons. The van der Waals surface area contributed by atoms with Gasteiger partial charge in [0.2, 0.25) is 0 Å². The molecule has 3 rings (SSSR count). The molecule has 1 heterocycles. The van der Waals surface area contributed by atoms with Gasteiger partial charge in [0.15, 0.2) is 0 Å². The highest BCUT2D eigenvalue weighted by Gasteiger charge is 2.18. The number of halogens is 2. The molecule has 0 saturated carbocycles. The van der Waals surface area contributed by atoms with Crippen LogP contribution >= 0.6 is 27.5 Å². The van der Waals surface area contributed by atoms with Crippen molar-refractivity contribution in [1.29, 1.82) is 0 Å². The van der Waals surface area contributed by atoms with Crippen molar-refractivity contribution in [2.75, 3.05) is 5.32 Å². The molecule has 4 nitrogen and oxygen atoms in total. The lowest BCUT2D eigenvalue weighted by Crippen LogP contribution is -2.15. The smallest absolute Gasteiger partial charge is 0.256 e. The Labute approximate surface area is 153 Å². The lowest BCUT2D eigenvalue weighted by Gasteiger charge is -2.09. The highest BCUT2D eigenvalue weighted by molar-refractivity contribution is 9.10. The van der Waals surface area contributed by atoms with Crippen molar-refractivity contribution in [2.45, 2.75) is 6.92 Å². The molecule has 6 heteroatoms. The van der Waals surface area contributed by atoms with Crippen LogP contribution in [-0.2, 0) is 7.05 Å². The number of benzene rings is 2. The van der Waals surface area contributed by atoms with Gasteiger partial charge in [-0.25, -0.2) is 0 Å². The molecular weight excluding hydrogens is 390 g/mol. The van der Waals surface area contributed by atoms with E-state index < -0.39 is 0 Å². The first-order valence-corrected chi connectivity index (χ1v) is 8.49. The number of aryl methyl sites for hydroxylation is 2. The quantitative estimate of drug-likeness (QED) is 0.663. The number of carbonyl (C=O) groups is 1. The molecule has 1 amide bonds. The first-order chi connectivity index (χ1) is 11.5. The van der Waals surface area contributed by atoms with Gasteiger partial charge in [-0.05, 0) is 42.8 Å². The molecule has 24 heavy (non-hydrogen) atoms. The summed E-state index contributed by atoms with van der Waals surface area (Å²) in [6, 6.07) is 14.8. The van der Waals surface area contributed by atoms with E-state index in [2.05, 4.69) is 26.3 Å². The number of hydrogen-bond donors (Lipinski definition) is 1. The van der Waals surface area contributed by atoms with E-state index >= 15 is 0 Å². The summed E-state index contributed by atoms with van der Waals surface area (Å²) in [7, 11) is 1.81. The predicted molar refractivity (Wildman–Crippen MR) is 100 cm³/mol. The molecule has 0 bridgehead atoms. The third-order valence-electron chi connectivity index (χ3n) is 3.67. The lowest BCUT2D eigenvalue weighted by atomic mass is 10.1. The van der Waals surface area contributed by atoms with Gasteiger partial charge in [-0.1, -0.05) is 45.7 Å². The van der Waals surface area contributed by atoms with Crippen molar-refractivity contribution >= 4 is 39.3 Å². The van der Waals surface area contributed by atoms with E-state index in [9.17, 15) is 4.79 Å². The molecule has 3 aromatic rings. The summed E-state index contributed by atoms with van der Waals surface area (Å²) in [6.07, 6.45) is 0. The Balaban J connectivity index is 1.99. The van der Waals surface area contributed by atoms with Crippen LogP contribution in [0.4, 0.5) is 5.82 Å². The van der Waals surface area contributed by atoms with Gasteiger partial charge in [-0.15, -0.1) is 0 Å². The number of nitrogens with zero attached hydrogens (tertiary/aromatic N) is 2. The minimum absolute atomic E-state index is 0.223. The molecule has 0 atom stereocenters. The summed E-state index contributed by atoms with van der Waals surface area (Å²) < 4.78 is 2.67. The number of aromatic nitrogens is 2. The fourth-order valence-electron chi connectivity index (χ4n) is 2.57. The molecule has 1 aromatic heterocycles. The Kier molecular flexibility index (Phi) is 4.73. The van der Waals surface area contributed by atoms with Gasteiger partial charge < -0.3 is 5.32 Å². The Morgan fingerprint density at radius 1 is 1.21 bits per heavy atom. The van der Waals surface area contributed by atoms with Crippen LogP contribution in [0, 0.1) is 6.92 Å². The second kappa shape index (κ2) is 6.79. The van der Waals surface area contributed by atoms with E-state index in [0.717, 1.165) is 21.3 Å². The topological polar surface area (TPSA) is 46.9 Å². The SMILES string of the molecule is Cc1nn(C)c(NC(=O)c2cccc(Cl)c2)c1-c1ccc(Br)cc1. The first kappa shape index (κ1) is 16.7. The van der Waals surface area contributed by atoms with Crippen LogP contribution in [0.3, 0.4) is 0 Å². The number of amides is 1. The Morgan fingerprint density at radius 2 is 1.92 bits per heavy atom. The lowest BCUT2D eigenvalue weighted by molar-refractivity contribution is 0.102. The van der Waals surface area contributed by atoms with E-state index in [1.54, 1.807) is 28.9 Å². The van der Waals surface area contributed by atoms with Crippen LogP contribution in [0.5, 0.6) is 0 Å². The second-order valence-corrected chi connectivity index (χ2v) is 6.76. The average Bonchev–Trinajstić information content (AvgIpc) is 2.82. The molecule has 0 aliphatic rings. The zero-order chi connectivity index (χ0) is 17.3. The maximum absolute atomic E-state index is 12.5. The van der Waals surface area contributed by atoms with Crippen molar-refractivity contribution in [2.24, 2.45) is 7.05 Å². The van der Waals surface area contributed by atoms with Gasteiger partial charge in [-0.3, -0.25) is 9.48 Å². The molecule has 0 saturated heterocycles. The standard InChI is InChI=1S/C18H15BrClN3O/c1-11-16(12-6-8-14(19)9-7-12)17(23(2)22-11)21-18(24)13-4-3-5-15(20)10-13/h3-10H,1-2H3,(H,21,24). The van der Waals surface area contributed by atoms with Crippen molar-refractivity contribution in [3.8, 4) is 11.1 Å². The van der Waals surface area contributed by atoms with Gasteiger partial charge in [0, 0.05) is 27.7 Å². The Morgan fingerprint density at radius 3 is 2.58 bits per heavy atom. The molecule has 0 aliphatic heterocycles. The molecule has 0 aliphatic carbocycles. The van der Waals surface area contributed by atoms with Crippen LogP contribution in [0.1, 0.15) is 16.1 Å². The predicted octanol–water partition coefficient (Wildman–Crippen LogP) is 5.06. The summed E-state index contributed by atoms with van der Waals surface area (Å²) in [5.41, 5.74) is 3.25. The summed E-state index contributed by atoms with van der Waals surface area (Å²) in [5.74, 6) is 0.429. The van der Waals surface area contributed by atoms with Crippen LogP contribution in [0.15, 0.2) is 53.0 Å². The third-order valence-corrected chi connectivity index (χ3v) is 4.44. The normalized spacial score (nSPS) is 10.7. The van der Waals surface area contributed by atoms with Crippen molar-refractivity contribution in [3.63, 3.8) is 0 Å². The largest absolute Gasteiger partial charge is 0.306 e. The van der Waals surface area contributed by atoms with Crippen molar-refractivity contribution < 1.29 is 4.79 Å².